The third-order valence-electron chi connectivity index (χ3n) is 10.6. The van der Waals surface area contributed by atoms with Crippen molar-refractivity contribution < 1.29 is 14.6 Å². The van der Waals surface area contributed by atoms with Crippen LogP contribution in [0.3, 0.4) is 0 Å². The van der Waals surface area contributed by atoms with Crippen molar-refractivity contribution >= 4 is 34.1 Å². The Morgan fingerprint density at radius 2 is 1.76 bits per heavy atom. The van der Waals surface area contributed by atoms with Crippen LogP contribution in [0.5, 0.6) is 5.75 Å². The lowest BCUT2D eigenvalue weighted by atomic mass is 9.92. The van der Waals surface area contributed by atoms with E-state index in [4.69, 9.17) is 9.72 Å². The van der Waals surface area contributed by atoms with Gasteiger partial charge in [0.25, 0.3) is 0 Å². The van der Waals surface area contributed by atoms with Crippen LogP contribution in [-0.2, 0) is 17.9 Å². The molecular weight excluding hydrogens is 638 g/mol. The van der Waals surface area contributed by atoms with Gasteiger partial charge in [0.05, 0.1) is 17.2 Å². The van der Waals surface area contributed by atoms with Gasteiger partial charge in [-0.05, 0) is 116 Å². The van der Waals surface area contributed by atoms with Gasteiger partial charge in [-0.1, -0.05) is 30.3 Å². The summed E-state index contributed by atoms with van der Waals surface area (Å²) in [5.74, 6) is 0.174. The highest BCUT2D eigenvalue weighted by molar-refractivity contribution is 5.91. The maximum atomic E-state index is 11.5. The second kappa shape index (κ2) is 13.7. The molecule has 0 saturated carbocycles. The number of carboxylic acid groups (broad SMARTS) is 1. The van der Waals surface area contributed by atoms with Gasteiger partial charge in [0.1, 0.15) is 11.6 Å². The van der Waals surface area contributed by atoms with E-state index in [1.54, 1.807) is 0 Å². The number of carbonyl (C=O) groups is 1. The summed E-state index contributed by atoms with van der Waals surface area (Å²) in [5.41, 5.74) is 10.6. The third kappa shape index (κ3) is 6.47. The average molecular weight is 680 g/mol. The number of anilines is 3. The molecule has 0 spiro atoms. The molecule has 0 aliphatic carbocycles. The van der Waals surface area contributed by atoms with E-state index in [0.717, 1.165) is 87.7 Å². The molecule has 0 bridgehead atoms. The molecule has 8 rings (SSSR count). The summed E-state index contributed by atoms with van der Waals surface area (Å²) < 4.78 is 6.42. The van der Waals surface area contributed by atoms with Crippen LogP contribution in [0.25, 0.3) is 22.0 Å². The number of pyridine rings is 2. The molecule has 2 aromatic heterocycles. The first-order valence-corrected chi connectivity index (χ1v) is 17.7. The van der Waals surface area contributed by atoms with E-state index >= 15 is 0 Å². The second-order valence-electron chi connectivity index (χ2n) is 14.0. The highest BCUT2D eigenvalue weighted by atomic mass is 16.5. The largest absolute Gasteiger partial charge is 0.481 e. The molecule has 3 aliphatic rings. The van der Waals surface area contributed by atoms with Gasteiger partial charge < -0.3 is 20.5 Å². The number of hydrogen-bond acceptors (Lipinski definition) is 9. The summed E-state index contributed by atoms with van der Waals surface area (Å²) in [4.78, 5) is 25.6. The van der Waals surface area contributed by atoms with E-state index in [-0.39, 0.29) is 5.92 Å². The van der Waals surface area contributed by atoms with Crippen molar-refractivity contribution in [2.75, 3.05) is 36.8 Å². The van der Waals surface area contributed by atoms with E-state index < -0.39 is 12.2 Å². The lowest BCUT2D eigenvalue weighted by Gasteiger charge is -2.20. The van der Waals surface area contributed by atoms with E-state index in [0.29, 0.717) is 30.8 Å². The van der Waals surface area contributed by atoms with Crippen LogP contribution in [0, 0.1) is 31.1 Å². The molecule has 0 radical (unpaired) electrons. The molecule has 5 heterocycles. The van der Waals surface area contributed by atoms with Gasteiger partial charge in [-0.2, -0.15) is 5.26 Å². The number of nitrogens with zero attached hydrogens (tertiary/aromatic N) is 5. The lowest BCUT2D eigenvalue weighted by Crippen LogP contribution is -2.22. The summed E-state index contributed by atoms with van der Waals surface area (Å²) in [6, 6.07) is 23.0. The van der Waals surface area contributed by atoms with Crippen LogP contribution in [-0.4, -0.2) is 57.0 Å². The molecule has 10 heteroatoms. The van der Waals surface area contributed by atoms with Crippen LogP contribution < -0.4 is 15.4 Å². The van der Waals surface area contributed by atoms with Crippen LogP contribution >= 0.6 is 0 Å². The molecule has 3 N–H and O–H groups in total. The van der Waals surface area contributed by atoms with Gasteiger partial charge in [0, 0.05) is 48.7 Å². The maximum Gasteiger partial charge on any atom is 0.307 e. The molecule has 0 amide bonds. The number of fused-ring (bicyclic) bond motifs is 2. The minimum atomic E-state index is -0.751. The van der Waals surface area contributed by atoms with Gasteiger partial charge in [-0.15, -0.1) is 0 Å². The molecule has 258 valence electrons. The summed E-state index contributed by atoms with van der Waals surface area (Å²) in [7, 11) is 0. The topological polar surface area (TPSA) is 127 Å². The summed E-state index contributed by atoms with van der Waals surface area (Å²) in [6.07, 6.45) is 6.53. The highest BCUT2D eigenvalue weighted by Gasteiger charge is 2.31. The third-order valence-corrected chi connectivity index (χ3v) is 10.6. The first kappa shape index (κ1) is 32.7. The normalized spacial score (nSPS) is 18.7. The van der Waals surface area contributed by atoms with Crippen LogP contribution in [0.4, 0.5) is 17.2 Å². The van der Waals surface area contributed by atoms with Crippen molar-refractivity contribution in [3.63, 3.8) is 0 Å². The van der Waals surface area contributed by atoms with Crippen molar-refractivity contribution in [2.45, 2.75) is 52.4 Å². The maximum absolute atomic E-state index is 11.5. The van der Waals surface area contributed by atoms with Crippen molar-refractivity contribution in [3.8, 4) is 22.9 Å². The lowest BCUT2D eigenvalue weighted by molar-refractivity contribution is -0.141. The number of hydrogen-bond donors (Lipinski definition) is 3. The smallest absolute Gasteiger partial charge is 0.307 e. The SMILES string of the molecule is Cc1c(Nc2nccc3cc(CN4CCCC4)cnc23)cccc1-c1cccc(C2Nc3cc(CN4CCC(C(=O)O)C4)cc(C#N)c3O2)c1C. The second-order valence-corrected chi connectivity index (χ2v) is 14.0. The zero-order valence-corrected chi connectivity index (χ0v) is 28.9. The fourth-order valence-corrected chi connectivity index (χ4v) is 7.87. The minimum Gasteiger partial charge on any atom is -0.481 e. The molecule has 2 unspecified atom stereocenters. The van der Waals surface area contributed by atoms with Crippen molar-refractivity contribution in [2.24, 2.45) is 5.92 Å². The number of nitriles is 1. The molecule has 3 aromatic carbocycles. The van der Waals surface area contributed by atoms with E-state index in [2.05, 4.69) is 81.7 Å². The predicted molar refractivity (Wildman–Crippen MR) is 198 cm³/mol. The van der Waals surface area contributed by atoms with Gasteiger partial charge in [-0.3, -0.25) is 19.6 Å². The summed E-state index contributed by atoms with van der Waals surface area (Å²) in [5, 5.41) is 27.6. The number of nitrogens with one attached hydrogen (secondary N) is 2. The molecular formula is C41H41N7O3. The molecule has 51 heavy (non-hydrogen) atoms. The number of rotatable bonds is 9. The highest BCUT2D eigenvalue weighted by Crippen LogP contribution is 2.44. The zero-order valence-electron chi connectivity index (χ0n) is 28.9. The van der Waals surface area contributed by atoms with Crippen molar-refractivity contribution in [1.29, 1.82) is 5.26 Å². The molecule has 2 atom stereocenters. The number of carboxylic acids is 1. The Bertz CT molecular complexity index is 2190. The predicted octanol–water partition coefficient (Wildman–Crippen LogP) is 7.53. The monoisotopic (exact) mass is 679 g/mol. The number of benzene rings is 3. The minimum absolute atomic E-state index is 0.346. The van der Waals surface area contributed by atoms with Crippen LogP contribution in [0.15, 0.2) is 73.1 Å². The first-order chi connectivity index (χ1) is 24.8. The Morgan fingerprint density at radius 3 is 2.55 bits per heavy atom. The number of ether oxygens (including phenoxy) is 1. The number of aromatic nitrogens is 2. The Hall–Kier alpha value is -5.50. The van der Waals surface area contributed by atoms with Gasteiger partial charge >= 0.3 is 5.97 Å². The van der Waals surface area contributed by atoms with Crippen molar-refractivity contribution in [3.05, 3.63) is 106 Å². The number of aliphatic carboxylic acids is 1. The number of likely N-dealkylation sites (tertiary alicyclic amines) is 2. The van der Waals surface area contributed by atoms with Crippen LogP contribution in [0.2, 0.25) is 0 Å². The fourth-order valence-electron chi connectivity index (χ4n) is 7.87. The Labute approximate surface area is 297 Å². The van der Waals surface area contributed by atoms with Gasteiger partial charge in [-0.25, -0.2) is 4.98 Å². The Balaban J connectivity index is 1.03. The fraction of sp³-hybridized carbons (Fsp3) is 0.317. The van der Waals surface area contributed by atoms with Crippen molar-refractivity contribution in [1.82, 2.24) is 19.8 Å². The standard InChI is InChI=1S/C41H41N7O3/c1-25-32(7-5-9-34(25)40-46-36-19-27(17-31(20-42)38(36)51-40)22-48-16-12-30(24-48)41(49)50)33-8-6-10-35(26(33)2)45-39-37-29(11-13-43-39)18-28(21-44-37)23-47-14-3-4-15-47/h5-11,13,17-19,21,30,40,46H,3-4,12,14-16,22-24H2,1-2H3,(H,43,45)(H,49,50). The molecule has 3 aliphatic heterocycles. The Morgan fingerprint density at radius 1 is 0.980 bits per heavy atom. The quantitative estimate of drug-likeness (QED) is 0.144. The van der Waals surface area contributed by atoms with Crippen LogP contribution in [0.1, 0.15) is 58.9 Å². The molecule has 2 fully saturated rings. The van der Waals surface area contributed by atoms with Gasteiger partial charge in [0.2, 0.25) is 0 Å². The van der Waals surface area contributed by atoms with Gasteiger partial charge in [0.15, 0.2) is 17.8 Å². The summed E-state index contributed by atoms with van der Waals surface area (Å²) in [6.45, 7) is 9.28. The van der Waals surface area contributed by atoms with E-state index in [1.807, 2.05) is 36.7 Å². The molecule has 5 aromatic rings. The Kier molecular flexibility index (Phi) is 8.76. The van der Waals surface area contributed by atoms with E-state index in [9.17, 15) is 15.2 Å². The molecule has 10 nitrogen and oxygen atoms in total. The molecule has 2 saturated heterocycles. The average Bonchev–Trinajstić information content (AvgIpc) is 3.91. The van der Waals surface area contributed by atoms with E-state index in [1.165, 1.54) is 18.4 Å². The zero-order chi connectivity index (χ0) is 35.1. The summed E-state index contributed by atoms with van der Waals surface area (Å²) >= 11 is 0. The first-order valence-electron chi connectivity index (χ1n) is 17.7.